The second kappa shape index (κ2) is 6.51. The molecule has 0 saturated heterocycles. The van der Waals surface area contributed by atoms with Crippen LogP contribution in [-0.2, 0) is 18.4 Å². The van der Waals surface area contributed by atoms with Crippen molar-refractivity contribution in [1.82, 2.24) is 15.0 Å². The first-order valence-corrected chi connectivity index (χ1v) is 10.2. The van der Waals surface area contributed by atoms with Crippen LogP contribution in [0.5, 0.6) is 11.5 Å². The lowest BCUT2D eigenvalue weighted by Crippen LogP contribution is -2.45. The molecular formula is C21H27N3O3. The number of benzene rings is 1. The lowest BCUT2D eigenvalue weighted by Gasteiger charge is -2.46. The van der Waals surface area contributed by atoms with E-state index in [4.69, 9.17) is 14.0 Å². The van der Waals surface area contributed by atoms with Crippen molar-refractivity contribution in [3.05, 3.63) is 35.0 Å². The van der Waals surface area contributed by atoms with E-state index in [-0.39, 0.29) is 11.5 Å². The van der Waals surface area contributed by atoms with Crippen molar-refractivity contribution in [2.45, 2.75) is 64.0 Å². The zero-order valence-electron chi connectivity index (χ0n) is 16.2. The van der Waals surface area contributed by atoms with Crippen LogP contribution in [0.2, 0.25) is 0 Å². The standard InChI is InChI=1S/C21H27N3O3/c1-3-19-22-20(27-23-19)12-24-13-21(6-4-5-7-21)16-11-18-17(25-8-9-26-18)10-15(16)14(24)2/h10-11,14H,3-9,12-13H2,1-2H3. The van der Waals surface area contributed by atoms with Gasteiger partial charge in [0.15, 0.2) is 17.3 Å². The van der Waals surface area contributed by atoms with Gasteiger partial charge in [0.05, 0.1) is 6.54 Å². The van der Waals surface area contributed by atoms with Crippen LogP contribution >= 0.6 is 0 Å². The van der Waals surface area contributed by atoms with Crippen LogP contribution in [0.1, 0.15) is 68.4 Å². The number of nitrogens with zero attached hydrogens (tertiary/aromatic N) is 3. The minimum absolute atomic E-state index is 0.200. The minimum Gasteiger partial charge on any atom is -0.486 e. The molecule has 1 fully saturated rings. The van der Waals surface area contributed by atoms with Crippen LogP contribution in [0.3, 0.4) is 0 Å². The number of ether oxygens (including phenoxy) is 2. The lowest BCUT2D eigenvalue weighted by molar-refractivity contribution is 0.111. The first kappa shape index (κ1) is 17.0. The number of fused-ring (bicyclic) bond motifs is 3. The molecule has 1 spiro atoms. The number of aryl methyl sites for hydroxylation is 1. The van der Waals surface area contributed by atoms with Crippen LogP contribution in [-0.4, -0.2) is 34.8 Å². The average Bonchev–Trinajstić information content (AvgIpc) is 3.35. The quantitative estimate of drug-likeness (QED) is 0.820. The Morgan fingerprint density at radius 2 is 1.89 bits per heavy atom. The van der Waals surface area contributed by atoms with Gasteiger partial charge in [-0.25, -0.2) is 0 Å². The fourth-order valence-corrected chi connectivity index (χ4v) is 5.06. The van der Waals surface area contributed by atoms with Crippen LogP contribution in [0.15, 0.2) is 16.7 Å². The summed E-state index contributed by atoms with van der Waals surface area (Å²) in [5.74, 6) is 3.29. The van der Waals surface area contributed by atoms with Crippen molar-refractivity contribution >= 4 is 0 Å². The second-order valence-electron chi connectivity index (χ2n) is 8.11. The molecule has 3 heterocycles. The predicted molar refractivity (Wildman–Crippen MR) is 100 cm³/mol. The summed E-state index contributed by atoms with van der Waals surface area (Å²) in [6.45, 7) is 7.31. The van der Waals surface area contributed by atoms with Gasteiger partial charge in [0.25, 0.3) is 0 Å². The highest BCUT2D eigenvalue weighted by molar-refractivity contribution is 5.53. The van der Waals surface area contributed by atoms with E-state index < -0.39 is 0 Å². The Kier molecular flexibility index (Phi) is 4.11. The van der Waals surface area contributed by atoms with E-state index in [0.29, 0.717) is 25.6 Å². The Hall–Kier alpha value is -2.08. The Balaban J connectivity index is 1.53. The summed E-state index contributed by atoms with van der Waals surface area (Å²) in [4.78, 5) is 7.03. The van der Waals surface area contributed by atoms with Crippen molar-refractivity contribution in [2.75, 3.05) is 19.8 Å². The highest BCUT2D eigenvalue weighted by atomic mass is 16.6. The van der Waals surface area contributed by atoms with E-state index in [9.17, 15) is 0 Å². The monoisotopic (exact) mass is 369 g/mol. The molecule has 0 bridgehead atoms. The summed E-state index contributed by atoms with van der Waals surface area (Å²) < 4.78 is 17.3. The Morgan fingerprint density at radius 3 is 2.59 bits per heavy atom. The molecule has 2 aromatic rings. The molecule has 1 atom stereocenters. The molecule has 1 unspecified atom stereocenters. The first-order valence-electron chi connectivity index (χ1n) is 10.2. The summed E-state index contributed by atoms with van der Waals surface area (Å²) in [5.41, 5.74) is 3.03. The van der Waals surface area contributed by atoms with Gasteiger partial charge in [0, 0.05) is 24.4 Å². The maximum atomic E-state index is 5.89. The second-order valence-corrected chi connectivity index (χ2v) is 8.11. The van der Waals surface area contributed by atoms with Gasteiger partial charge >= 0.3 is 0 Å². The zero-order chi connectivity index (χ0) is 18.4. The maximum Gasteiger partial charge on any atom is 0.240 e. The zero-order valence-corrected chi connectivity index (χ0v) is 16.2. The first-order chi connectivity index (χ1) is 13.2. The average molecular weight is 369 g/mol. The topological polar surface area (TPSA) is 60.6 Å². The van der Waals surface area contributed by atoms with E-state index >= 15 is 0 Å². The third-order valence-electron chi connectivity index (χ3n) is 6.51. The van der Waals surface area contributed by atoms with E-state index in [1.54, 1.807) is 0 Å². The summed E-state index contributed by atoms with van der Waals surface area (Å²) in [6.07, 6.45) is 5.84. The molecule has 27 heavy (non-hydrogen) atoms. The van der Waals surface area contributed by atoms with Crippen molar-refractivity contribution < 1.29 is 14.0 Å². The summed E-state index contributed by atoms with van der Waals surface area (Å²) in [7, 11) is 0. The number of hydrogen-bond acceptors (Lipinski definition) is 6. The largest absolute Gasteiger partial charge is 0.486 e. The molecule has 1 aliphatic carbocycles. The van der Waals surface area contributed by atoms with Gasteiger partial charge < -0.3 is 14.0 Å². The molecule has 0 N–H and O–H groups in total. The highest BCUT2D eigenvalue weighted by Gasteiger charge is 2.45. The van der Waals surface area contributed by atoms with Crippen LogP contribution in [0.25, 0.3) is 0 Å². The molecular weight excluding hydrogens is 342 g/mol. The number of aromatic nitrogens is 2. The molecule has 1 aromatic carbocycles. The van der Waals surface area contributed by atoms with Gasteiger partial charge in [-0.15, -0.1) is 0 Å². The Morgan fingerprint density at radius 1 is 1.15 bits per heavy atom. The molecule has 1 saturated carbocycles. The fourth-order valence-electron chi connectivity index (χ4n) is 5.06. The molecule has 3 aliphatic rings. The van der Waals surface area contributed by atoms with Crippen molar-refractivity contribution in [3.8, 4) is 11.5 Å². The summed E-state index contributed by atoms with van der Waals surface area (Å²) in [5, 5.41) is 4.07. The Bertz CT molecular complexity index is 841. The Labute approximate surface area is 159 Å². The van der Waals surface area contributed by atoms with Gasteiger partial charge in [-0.05, 0) is 43.0 Å². The van der Waals surface area contributed by atoms with Gasteiger partial charge in [-0.2, -0.15) is 4.98 Å². The number of hydrogen-bond donors (Lipinski definition) is 0. The smallest absolute Gasteiger partial charge is 0.240 e. The third-order valence-corrected chi connectivity index (χ3v) is 6.51. The fraction of sp³-hybridized carbons (Fsp3) is 0.619. The third kappa shape index (κ3) is 2.81. The van der Waals surface area contributed by atoms with E-state index in [1.807, 2.05) is 6.92 Å². The van der Waals surface area contributed by atoms with Gasteiger partial charge in [-0.3, -0.25) is 4.90 Å². The highest BCUT2D eigenvalue weighted by Crippen LogP contribution is 2.52. The van der Waals surface area contributed by atoms with Crippen LogP contribution in [0.4, 0.5) is 0 Å². The molecule has 1 aromatic heterocycles. The lowest BCUT2D eigenvalue weighted by atomic mass is 9.71. The van der Waals surface area contributed by atoms with E-state index in [0.717, 1.165) is 30.3 Å². The molecule has 0 amide bonds. The van der Waals surface area contributed by atoms with Crippen molar-refractivity contribution in [2.24, 2.45) is 0 Å². The molecule has 2 aliphatic heterocycles. The van der Waals surface area contributed by atoms with Crippen molar-refractivity contribution in [1.29, 1.82) is 0 Å². The minimum atomic E-state index is 0.200. The normalized spacial score (nSPS) is 23.6. The van der Waals surface area contributed by atoms with Crippen molar-refractivity contribution in [3.63, 3.8) is 0 Å². The number of rotatable bonds is 3. The summed E-state index contributed by atoms with van der Waals surface area (Å²) in [6, 6.07) is 4.76. The summed E-state index contributed by atoms with van der Waals surface area (Å²) >= 11 is 0. The molecule has 6 heteroatoms. The van der Waals surface area contributed by atoms with E-state index in [2.05, 4.69) is 34.1 Å². The molecule has 0 radical (unpaired) electrons. The van der Waals surface area contributed by atoms with Gasteiger partial charge in [0.2, 0.25) is 5.89 Å². The molecule has 144 valence electrons. The van der Waals surface area contributed by atoms with E-state index in [1.165, 1.54) is 36.8 Å². The predicted octanol–water partition coefficient (Wildman–Crippen LogP) is 3.79. The SMILES string of the molecule is CCc1noc(CN2CC3(CCCC3)c3cc4c(cc3C2C)OCCO4)n1. The molecule has 5 rings (SSSR count). The van der Waals surface area contributed by atoms with Gasteiger partial charge in [-0.1, -0.05) is 24.9 Å². The maximum absolute atomic E-state index is 5.89. The molecule has 6 nitrogen and oxygen atoms in total. The van der Waals surface area contributed by atoms with Gasteiger partial charge in [0.1, 0.15) is 13.2 Å². The van der Waals surface area contributed by atoms with Crippen LogP contribution < -0.4 is 9.47 Å². The van der Waals surface area contributed by atoms with Crippen LogP contribution in [0, 0.1) is 0 Å².